The first-order chi connectivity index (χ1) is 7.66. The van der Waals surface area contributed by atoms with Gasteiger partial charge in [-0.1, -0.05) is 12.1 Å². The lowest BCUT2D eigenvalue weighted by molar-refractivity contribution is 0.131. The first-order valence-corrected chi connectivity index (χ1v) is 5.88. The van der Waals surface area contributed by atoms with Gasteiger partial charge in [-0.3, -0.25) is 4.90 Å². The van der Waals surface area contributed by atoms with Crippen molar-refractivity contribution in [3.05, 3.63) is 35.6 Å². The van der Waals surface area contributed by atoms with Gasteiger partial charge in [-0.05, 0) is 31.5 Å². The molecule has 1 N–H and O–H groups in total. The molecular weight excluding hydrogens is 203 g/mol. The van der Waals surface area contributed by atoms with Crippen molar-refractivity contribution in [1.29, 1.82) is 0 Å². The molecule has 2 nitrogen and oxygen atoms in total. The lowest BCUT2D eigenvalue weighted by atomic mass is 10.1. The molecule has 1 fully saturated rings. The van der Waals surface area contributed by atoms with Crippen LogP contribution >= 0.6 is 0 Å². The normalized spacial score (nSPS) is 26.9. The second-order valence-corrected chi connectivity index (χ2v) is 4.58. The summed E-state index contributed by atoms with van der Waals surface area (Å²) in [5.41, 5.74) is 1.18. The average Bonchev–Trinajstić information content (AvgIpc) is 2.28. The summed E-state index contributed by atoms with van der Waals surface area (Å²) in [6, 6.07) is 7.86. The molecule has 1 aromatic carbocycles. The summed E-state index contributed by atoms with van der Waals surface area (Å²) in [5, 5.41) is 3.45. The minimum Gasteiger partial charge on any atom is -0.311 e. The summed E-state index contributed by atoms with van der Waals surface area (Å²) in [6.45, 7) is 7.45. The SMILES string of the molecule is CC1NCCN(Cc2ccc(F)cc2)C1C. The van der Waals surface area contributed by atoms with Crippen LogP contribution in [0.5, 0.6) is 0 Å². The van der Waals surface area contributed by atoms with Crippen molar-refractivity contribution >= 4 is 0 Å². The molecule has 88 valence electrons. The van der Waals surface area contributed by atoms with E-state index in [1.54, 1.807) is 0 Å². The molecule has 1 aliphatic heterocycles. The predicted octanol–water partition coefficient (Wildman–Crippen LogP) is 2.01. The van der Waals surface area contributed by atoms with Crippen LogP contribution in [0, 0.1) is 5.82 Å². The standard InChI is InChI=1S/C13H19FN2/c1-10-11(2)16(8-7-15-10)9-12-3-5-13(14)6-4-12/h3-6,10-11,15H,7-9H2,1-2H3. The Kier molecular flexibility index (Phi) is 3.56. The van der Waals surface area contributed by atoms with Gasteiger partial charge in [0.2, 0.25) is 0 Å². The molecule has 0 bridgehead atoms. The summed E-state index contributed by atoms with van der Waals surface area (Å²) < 4.78 is 12.8. The first kappa shape index (κ1) is 11.6. The van der Waals surface area contributed by atoms with Crippen LogP contribution in [0.1, 0.15) is 19.4 Å². The molecule has 0 radical (unpaired) electrons. The molecule has 0 saturated carbocycles. The van der Waals surface area contributed by atoms with Gasteiger partial charge in [0, 0.05) is 31.7 Å². The highest BCUT2D eigenvalue weighted by Crippen LogP contribution is 2.13. The third-order valence-corrected chi connectivity index (χ3v) is 3.46. The van der Waals surface area contributed by atoms with Gasteiger partial charge < -0.3 is 5.32 Å². The van der Waals surface area contributed by atoms with Gasteiger partial charge in [-0.15, -0.1) is 0 Å². The van der Waals surface area contributed by atoms with E-state index in [-0.39, 0.29) is 5.82 Å². The second-order valence-electron chi connectivity index (χ2n) is 4.58. The van der Waals surface area contributed by atoms with E-state index in [1.807, 2.05) is 12.1 Å². The third kappa shape index (κ3) is 2.60. The molecule has 2 rings (SSSR count). The largest absolute Gasteiger partial charge is 0.311 e. The maximum atomic E-state index is 12.8. The van der Waals surface area contributed by atoms with Gasteiger partial charge >= 0.3 is 0 Å². The summed E-state index contributed by atoms with van der Waals surface area (Å²) in [5.74, 6) is -0.162. The second kappa shape index (κ2) is 4.93. The Morgan fingerprint density at radius 1 is 1.31 bits per heavy atom. The highest BCUT2D eigenvalue weighted by atomic mass is 19.1. The fraction of sp³-hybridized carbons (Fsp3) is 0.538. The number of nitrogens with zero attached hydrogens (tertiary/aromatic N) is 1. The molecule has 2 unspecified atom stereocenters. The first-order valence-electron chi connectivity index (χ1n) is 5.88. The van der Waals surface area contributed by atoms with E-state index in [9.17, 15) is 4.39 Å². The summed E-state index contributed by atoms with van der Waals surface area (Å²) in [4.78, 5) is 2.44. The molecular formula is C13H19FN2. The van der Waals surface area contributed by atoms with Crippen molar-refractivity contribution in [2.75, 3.05) is 13.1 Å². The predicted molar refractivity (Wildman–Crippen MR) is 63.7 cm³/mol. The number of benzene rings is 1. The van der Waals surface area contributed by atoms with Gasteiger partial charge in [-0.25, -0.2) is 4.39 Å². The van der Waals surface area contributed by atoms with Crippen LogP contribution in [0.3, 0.4) is 0 Å². The Labute approximate surface area is 96.5 Å². The number of piperazine rings is 1. The van der Waals surface area contributed by atoms with Crippen LogP contribution in [0.2, 0.25) is 0 Å². The quantitative estimate of drug-likeness (QED) is 0.823. The van der Waals surface area contributed by atoms with Crippen molar-refractivity contribution in [1.82, 2.24) is 10.2 Å². The lowest BCUT2D eigenvalue weighted by Crippen LogP contribution is -2.54. The van der Waals surface area contributed by atoms with Crippen molar-refractivity contribution in [3.63, 3.8) is 0 Å². The zero-order chi connectivity index (χ0) is 11.5. The third-order valence-electron chi connectivity index (χ3n) is 3.46. The van der Waals surface area contributed by atoms with Gasteiger partial charge in [0.25, 0.3) is 0 Å². The molecule has 0 aromatic heterocycles. The van der Waals surface area contributed by atoms with Gasteiger partial charge in [-0.2, -0.15) is 0 Å². The monoisotopic (exact) mass is 222 g/mol. The van der Waals surface area contributed by atoms with Crippen molar-refractivity contribution in [3.8, 4) is 0 Å². The lowest BCUT2D eigenvalue weighted by Gasteiger charge is -2.38. The Bertz CT molecular complexity index is 336. The van der Waals surface area contributed by atoms with E-state index in [0.717, 1.165) is 19.6 Å². The molecule has 1 aliphatic rings. The Hall–Kier alpha value is -0.930. The van der Waals surface area contributed by atoms with Crippen LogP contribution in [0.15, 0.2) is 24.3 Å². The smallest absolute Gasteiger partial charge is 0.123 e. The molecule has 1 aromatic rings. The molecule has 2 atom stereocenters. The Morgan fingerprint density at radius 3 is 2.69 bits per heavy atom. The van der Waals surface area contributed by atoms with Crippen molar-refractivity contribution < 1.29 is 4.39 Å². The molecule has 3 heteroatoms. The fourth-order valence-electron chi connectivity index (χ4n) is 2.17. The molecule has 0 aliphatic carbocycles. The van der Waals surface area contributed by atoms with E-state index in [0.29, 0.717) is 12.1 Å². The number of rotatable bonds is 2. The van der Waals surface area contributed by atoms with Crippen LogP contribution in [0.25, 0.3) is 0 Å². The summed E-state index contributed by atoms with van der Waals surface area (Å²) in [7, 11) is 0. The average molecular weight is 222 g/mol. The van der Waals surface area contributed by atoms with E-state index in [1.165, 1.54) is 17.7 Å². The van der Waals surface area contributed by atoms with Crippen LogP contribution < -0.4 is 5.32 Å². The number of hydrogen-bond donors (Lipinski definition) is 1. The van der Waals surface area contributed by atoms with Gasteiger partial charge in [0.1, 0.15) is 5.82 Å². The van der Waals surface area contributed by atoms with Gasteiger partial charge in [0.15, 0.2) is 0 Å². The zero-order valence-corrected chi connectivity index (χ0v) is 9.91. The van der Waals surface area contributed by atoms with Crippen molar-refractivity contribution in [2.45, 2.75) is 32.5 Å². The summed E-state index contributed by atoms with van der Waals surface area (Å²) >= 11 is 0. The highest BCUT2D eigenvalue weighted by Gasteiger charge is 2.23. The molecule has 1 saturated heterocycles. The van der Waals surface area contributed by atoms with Crippen LogP contribution in [-0.4, -0.2) is 30.1 Å². The molecule has 1 heterocycles. The maximum absolute atomic E-state index is 12.8. The highest BCUT2D eigenvalue weighted by molar-refractivity contribution is 5.16. The van der Waals surface area contributed by atoms with E-state index in [4.69, 9.17) is 0 Å². The number of halogens is 1. The Morgan fingerprint density at radius 2 is 2.00 bits per heavy atom. The van der Waals surface area contributed by atoms with E-state index in [2.05, 4.69) is 24.1 Å². The minimum absolute atomic E-state index is 0.162. The Balaban J connectivity index is 2.00. The fourth-order valence-corrected chi connectivity index (χ4v) is 2.17. The molecule has 16 heavy (non-hydrogen) atoms. The van der Waals surface area contributed by atoms with E-state index >= 15 is 0 Å². The van der Waals surface area contributed by atoms with Gasteiger partial charge in [0.05, 0.1) is 0 Å². The molecule has 0 amide bonds. The number of nitrogens with one attached hydrogen (secondary N) is 1. The topological polar surface area (TPSA) is 15.3 Å². The van der Waals surface area contributed by atoms with Crippen LogP contribution in [0.4, 0.5) is 4.39 Å². The summed E-state index contributed by atoms with van der Waals surface area (Å²) in [6.07, 6.45) is 0. The minimum atomic E-state index is -0.162. The van der Waals surface area contributed by atoms with Crippen LogP contribution in [-0.2, 0) is 6.54 Å². The van der Waals surface area contributed by atoms with Crippen molar-refractivity contribution in [2.24, 2.45) is 0 Å². The van der Waals surface area contributed by atoms with E-state index < -0.39 is 0 Å². The maximum Gasteiger partial charge on any atom is 0.123 e. The number of hydrogen-bond acceptors (Lipinski definition) is 2. The zero-order valence-electron chi connectivity index (χ0n) is 9.91. The molecule has 0 spiro atoms.